The van der Waals surface area contributed by atoms with E-state index in [9.17, 15) is 0 Å². The average Bonchev–Trinajstić information content (AvgIpc) is 1.00. The summed E-state index contributed by atoms with van der Waals surface area (Å²) in [6, 6.07) is 0. The molecular formula is CH2Br4OPt. The van der Waals surface area contributed by atoms with Crippen molar-refractivity contribution in [2.24, 2.45) is 0 Å². The zero-order valence-electron chi connectivity index (χ0n) is 2.94. The first kappa shape index (κ1) is 59.2. The first-order chi connectivity index (χ1) is 1.00. The first-order valence-corrected chi connectivity index (χ1v) is 0.289. The Kier molecular flexibility index (Phi) is 714. The summed E-state index contributed by atoms with van der Waals surface area (Å²) >= 11 is 0. The maximum Gasteiger partial charge on any atom is 4.00 e. The smallest absolute Gasteiger partial charge is 1.00 e. The van der Waals surface area contributed by atoms with E-state index in [-0.39, 0.29) is 89.0 Å². The van der Waals surface area contributed by atoms with Gasteiger partial charge in [0.25, 0.3) is 0 Å². The number of carbonyl (C=O) groups excluding carboxylic acids is 1. The van der Waals surface area contributed by atoms with Gasteiger partial charge in [0.2, 0.25) is 0 Å². The molecule has 50 valence electrons. The molecule has 0 saturated heterocycles. The van der Waals surface area contributed by atoms with E-state index in [4.69, 9.17) is 4.79 Å². The van der Waals surface area contributed by atoms with Gasteiger partial charge in [-0.05, 0) is 0 Å². The Hall–Kier alpha value is 2.28. The van der Waals surface area contributed by atoms with Gasteiger partial charge < -0.3 is 72.7 Å². The Balaban J connectivity index is -0.000000000500. The second-order valence-corrected chi connectivity index (χ2v) is 0. The minimum atomic E-state index is 0. The number of halogens is 4. The fourth-order valence-corrected chi connectivity index (χ4v) is 0. The van der Waals surface area contributed by atoms with Crippen LogP contribution in [0.25, 0.3) is 0 Å². The summed E-state index contributed by atoms with van der Waals surface area (Å²) in [7, 11) is 0. The van der Waals surface area contributed by atoms with Gasteiger partial charge in [-0.25, -0.2) is 0 Å². The predicted molar refractivity (Wildman–Crippen MR) is 7.12 cm³/mol. The molecule has 0 aromatic carbocycles. The van der Waals surface area contributed by atoms with Crippen molar-refractivity contribution in [1.29, 1.82) is 0 Å². The van der Waals surface area contributed by atoms with Crippen molar-refractivity contribution in [2.45, 2.75) is 0 Å². The fraction of sp³-hybridized carbons (Fsp3) is 0. The Morgan fingerprint density at radius 2 is 0.714 bits per heavy atom. The van der Waals surface area contributed by atoms with Crippen LogP contribution in [0.15, 0.2) is 0 Å². The Morgan fingerprint density at radius 1 is 0.714 bits per heavy atom. The van der Waals surface area contributed by atoms with Gasteiger partial charge in [-0.3, -0.25) is 0 Å². The molecule has 0 amide bonds. The van der Waals surface area contributed by atoms with Crippen molar-refractivity contribution < 1.29 is 93.8 Å². The van der Waals surface area contributed by atoms with E-state index in [2.05, 4.69) is 0 Å². The predicted octanol–water partition coefficient (Wildman–Crippen LogP) is -12.2. The SMILES string of the molecule is C=O.[Br-].[Br-].[Br-].[Br-].[Pt+4]. The quantitative estimate of drug-likeness (QED) is 0.296. The molecule has 1 nitrogen and oxygen atoms in total. The Morgan fingerprint density at radius 3 is 0.714 bits per heavy atom. The maximum atomic E-state index is 8.00. The second-order valence-electron chi connectivity index (χ2n) is 0. The third-order valence-corrected chi connectivity index (χ3v) is 0. The van der Waals surface area contributed by atoms with Gasteiger partial charge in [-0.1, -0.05) is 0 Å². The topological polar surface area (TPSA) is 17.1 Å². The van der Waals surface area contributed by atoms with Gasteiger partial charge in [0.1, 0.15) is 6.79 Å². The van der Waals surface area contributed by atoms with Gasteiger partial charge in [0.05, 0.1) is 0 Å². The molecule has 0 spiro atoms. The average molecular weight is 545 g/mol. The van der Waals surface area contributed by atoms with Crippen LogP contribution in [0.4, 0.5) is 0 Å². The number of rotatable bonds is 0. The zero-order chi connectivity index (χ0) is 2.00. The monoisotopic (exact) mass is 541 g/mol. The van der Waals surface area contributed by atoms with E-state index in [1.807, 2.05) is 6.79 Å². The zero-order valence-corrected chi connectivity index (χ0v) is 11.6. The molecular weight excluding hydrogens is 543 g/mol. The van der Waals surface area contributed by atoms with Crippen molar-refractivity contribution in [2.75, 3.05) is 0 Å². The maximum absolute atomic E-state index is 8.00. The van der Waals surface area contributed by atoms with E-state index in [0.29, 0.717) is 0 Å². The van der Waals surface area contributed by atoms with Crippen molar-refractivity contribution in [3.05, 3.63) is 0 Å². The summed E-state index contributed by atoms with van der Waals surface area (Å²) in [5.41, 5.74) is 0. The number of hydrogen-bond donors (Lipinski definition) is 0. The van der Waals surface area contributed by atoms with Gasteiger partial charge in [-0.2, -0.15) is 0 Å². The van der Waals surface area contributed by atoms with Crippen LogP contribution < -0.4 is 67.9 Å². The Labute approximate surface area is 99.3 Å². The number of carbonyl (C=O) groups is 1. The molecule has 0 unspecified atom stereocenters. The van der Waals surface area contributed by atoms with Gasteiger partial charge in [0.15, 0.2) is 0 Å². The molecule has 0 aromatic heterocycles. The molecule has 0 fully saturated rings. The summed E-state index contributed by atoms with van der Waals surface area (Å²) < 4.78 is 0. The van der Waals surface area contributed by atoms with Crippen LogP contribution in [-0.2, 0) is 25.9 Å². The summed E-state index contributed by atoms with van der Waals surface area (Å²) in [4.78, 5) is 8.00. The first-order valence-electron chi connectivity index (χ1n) is 0.289. The van der Waals surface area contributed by atoms with Crippen molar-refractivity contribution in [1.82, 2.24) is 0 Å². The van der Waals surface area contributed by atoms with Crippen LogP contribution in [-0.4, -0.2) is 6.79 Å². The molecule has 0 saturated carbocycles. The van der Waals surface area contributed by atoms with Gasteiger partial charge >= 0.3 is 21.1 Å². The minimum Gasteiger partial charge on any atom is -1.00 e. The standard InChI is InChI=1S/CH2O.4BrH.Pt/c1-2;;;;;/h1H2;4*1H;/q;;;;;+4/p-4. The summed E-state index contributed by atoms with van der Waals surface area (Å²) in [5.74, 6) is 0. The van der Waals surface area contributed by atoms with Crippen molar-refractivity contribution in [3.63, 3.8) is 0 Å². The van der Waals surface area contributed by atoms with E-state index in [0.717, 1.165) is 0 Å². The summed E-state index contributed by atoms with van der Waals surface area (Å²) in [6.45, 7) is 2.00. The van der Waals surface area contributed by atoms with Crippen LogP contribution in [0.2, 0.25) is 0 Å². The van der Waals surface area contributed by atoms with Crippen LogP contribution >= 0.6 is 0 Å². The van der Waals surface area contributed by atoms with Crippen LogP contribution in [0.5, 0.6) is 0 Å². The van der Waals surface area contributed by atoms with E-state index in [1.165, 1.54) is 0 Å². The van der Waals surface area contributed by atoms with Crippen molar-refractivity contribution >= 4 is 6.79 Å². The van der Waals surface area contributed by atoms with Crippen LogP contribution in [0.1, 0.15) is 0 Å². The third-order valence-electron chi connectivity index (χ3n) is 0. The van der Waals surface area contributed by atoms with E-state index < -0.39 is 0 Å². The molecule has 0 atom stereocenters. The van der Waals surface area contributed by atoms with Gasteiger partial charge in [0, 0.05) is 0 Å². The summed E-state index contributed by atoms with van der Waals surface area (Å²) in [6.07, 6.45) is 0. The largest absolute Gasteiger partial charge is 4.00 e. The molecule has 0 N–H and O–H groups in total. The van der Waals surface area contributed by atoms with Crippen LogP contribution in [0.3, 0.4) is 0 Å². The van der Waals surface area contributed by atoms with Gasteiger partial charge in [-0.15, -0.1) is 0 Å². The molecule has 0 aliphatic heterocycles. The normalized spacial score (nSPS) is 0.571. The van der Waals surface area contributed by atoms with E-state index >= 15 is 0 Å². The minimum absolute atomic E-state index is 0. The molecule has 0 aliphatic rings. The molecule has 6 heteroatoms. The molecule has 0 aromatic rings. The van der Waals surface area contributed by atoms with E-state index in [1.54, 1.807) is 0 Å². The molecule has 7 heavy (non-hydrogen) atoms. The summed E-state index contributed by atoms with van der Waals surface area (Å²) in [5, 5.41) is 0. The fourth-order valence-electron chi connectivity index (χ4n) is 0. The second kappa shape index (κ2) is 84.5. The molecule has 0 aliphatic carbocycles. The van der Waals surface area contributed by atoms with Crippen molar-refractivity contribution in [3.8, 4) is 0 Å². The molecule has 0 rings (SSSR count). The molecule has 0 bridgehead atoms. The molecule has 0 radical (unpaired) electrons. The third kappa shape index (κ3) is 62.9. The van der Waals surface area contributed by atoms with Crippen LogP contribution in [0, 0.1) is 0 Å². The molecule has 0 heterocycles. The number of hydrogen-bond acceptors (Lipinski definition) is 1. The Bertz CT molecular complexity index is 11.7.